The molecule has 0 spiro atoms. The van der Waals surface area contributed by atoms with Crippen LogP contribution in [0.15, 0.2) is 0 Å². The molecular weight excluding hydrogens is 170 g/mol. The van der Waals surface area contributed by atoms with Gasteiger partial charge in [0.05, 0.1) is 0 Å². The van der Waals surface area contributed by atoms with Crippen molar-refractivity contribution in [3.63, 3.8) is 0 Å². The highest BCUT2D eigenvalue weighted by Crippen LogP contribution is 2.26. The summed E-state index contributed by atoms with van der Waals surface area (Å²) >= 11 is 0. The van der Waals surface area contributed by atoms with Gasteiger partial charge in [-0.25, -0.2) is 0 Å². The first-order valence-electron chi connectivity index (χ1n) is 6.42. The van der Waals surface area contributed by atoms with Crippen LogP contribution in [0.3, 0.4) is 0 Å². The van der Waals surface area contributed by atoms with Crippen LogP contribution in [-0.2, 0) is 0 Å². The Morgan fingerprint density at radius 3 is 2.50 bits per heavy atom. The summed E-state index contributed by atoms with van der Waals surface area (Å²) in [7, 11) is 2.27. The molecule has 1 aliphatic heterocycles. The third-order valence-electron chi connectivity index (χ3n) is 3.89. The average molecular weight is 197 g/mol. The first kappa shape index (κ1) is 12.0. The van der Waals surface area contributed by atoms with Gasteiger partial charge in [-0.3, -0.25) is 0 Å². The Morgan fingerprint density at radius 1 is 1.07 bits per heavy atom. The maximum atomic E-state index is 2.50. The highest BCUT2D eigenvalue weighted by Gasteiger charge is 2.16. The van der Waals surface area contributed by atoms with E-state index in [4.69, 9.17) is 0 Å². The molecule has 0 aromatic rings. The van der Waals surface area contributed by atoms with E-state index in [1.54, 1.807) is 0 Å². The normalized spacial score (nSPS) is 32.8. The molecule has 0 amide bonds. The van der Waals surface area contributed by atoms with Crippen molar-refractivity contribution in [2.45, 2.75) is 52.4 Å². The van der Waals surface area contributed by atoms with Gasteiger partial charge >= 0.3 is 0 Å². The molecule has 1 unspecified atom stereocenters. The maximum Gasteiger partial charge on any atom is -0.00217 e. The smallest absolute Gasteiger partial charge is 0.00217 e. The number of rotatable bonds is 1. The van der Waals surface area contributed by atoms with Crippen molar-refractivity contribution in [3.05, 3.63) is 0 Å². The highest BCUT2D eigenvalue weighted by molar-refractivity contribution is 4.68. The first-order chi connectivity index (χ1) is 6.74. The fourth-order valence-electron chi connectivity index (χ4n) is 2.71. The van der Waals surface area contributed by atoms with Crippen molar-refractivity contribution < 1.29 is 0 Å². The third-order valence-corrected chi connectivity index (χ3v) is 3.89. The van der Waals surface area contributed by atoms with Crippen LogP contribution < -0.4 is 0 Å². The second kappa shape index (κ2) is 6.44. The van der Waals surface area contributed by atoms with E-state index in [9.17, 15) is 0 Å². The molecule has 1 heteroatoms. The van der Waals surface area contributed by atoms with Crippen molar-refractivity contribution in [1.29, 1.82) is 0 Å². The summed E-state index contributed by atoms with van der Waals surface area (Å²) in [5.74, 6) is 1.95. The Hall–Kier alpha value is -0.0400. The van der Waals surface area contributed by atoms with E-state index in [0.717, 1.165) is 11.8 Å². The van der Waals surface area contributed by atoms with Gasteiger partial charge in [0.2, 0.25) is 0 Å². The van der Waals surface area contributed by atoms with E-state index in [-0.39, 0.29) is 0 Å². The van der Waals surface area contributed by atoms with Crippen molar-refractivity contribution >= 4 is 0 Å². The average Bonchev–Trinajstić information content (AvgIpc) is 2.18. The fraction of sp³-hybridized carbons (Fsp3) is 1.00. The van der Waals surface area contributed by atoms with E-state index in [0.29, 0.717) is 0 Å². The van der Waals surface area contributed by atoms with Gasteiger partial charge in [0.25, 0.3) is 0 Å². The number of nitrogens with zero attached hydrogens (tertiary/aromatic N) is 1. The van der Waals surface area contributed by atoms with Gasteiger partial charge in [-0.05, 0) is 51.2 Å². The van der Waals surface area contributed by atoms with Gasteiger partial charge in [-0.1, -0.05) is 33.1 Å². The Bertz CT molecular complexity index is 144. The molecule has 84 valence electrons. The molecule has 0 N–H and O–H groups in total. The molecule has 1 aliphatic rings. The topological polar surface area (TPSA) is 3.24 Å². The molecule has 2 atom stereocenters. The van der Waals surface area contributed by atoms with Gasteiger partial charge in [0.15, 0.2) is 0 Å². The maximum absolute atomic E-state index is 2.50. The van der Waals surface area contributed by atoms with Crippen LogP contribution in [0, 0.1) is 11.8 Å². The first-order valence-corrected chi connectivity index (χ1v) is 6.42. The van der Waals surface area contributed by atoms with E-state index >= 15 is 0 Å². The van der Waals surface area contributed by atoms with Crippen LogP contribution in [0.2, 0.25) is 0 Å². The second-order valence-electron chi connectivity index (χ2n) is 5.09. The van der Waals surface area contributed by atoms with Gasteiger partial charge in [0, 0.05) is 0 Å². The lowest BCUT2D eigenvalue weighted by Crippen LogP contribution is -2.24. The summed E-state index contributed by atoms with van der Waals surface area (Å²) in [5, 5.41) is 0. The van der Waals surface area contributed by atoms with Crippen LogP contribution in [-0.4, -0.2) is 25.0 Å². The lowest BCUT2D eigenvalue weighted by Gasteiger charge is -2.26. The minimum absolute atomic E-state index is 0.961. The van der Waals surface area contributed by atoms with Crippen molar-refractivity contribution in [2.24, 2.45) is 11.8 Å². The van der Waals surface area contributed by atoms with Crippen molar-refractivity contribution in [2.75, 3.05) is 20.1 Å². The van der Waals surface area contributed by atoms with Gasteiger partial charge in [-0.2, -0.15) is 0 Å². The Kier molecular flexibility index (Phi) is 5.54. The summed E-state index contributed by atoms with van der Waals surface area (Å²) in [6, 6.07) is 0. The fourth-order valence-corrected chi connectivity index (χ4v) is 2.71. The molecule has 0 aromatic heterocycles. The summed E-state index contributed by atoms with van der Waals surface area (Å²) in [4.78, 5) is 2.50. The summed E-state index contributed by atoms with van der Waals surface area (Å²) in [6.45, 7) is 7.43. The van der Waals surface area contributed by atoms with Crippen LogP contribution in [0.25, 0.3) is 0 Å². The molecular formula is C13H27N. The lowest BCUT2D eigenvalue weighted by atomic mass is 9.84. The van der Waals surface area contributed by atoms with E-state index < -0.39 is 0 Å². The summed E-state index contributed by atoms with van der Waals surface area (Å²) in [6.07, 6.45) is 8.51. The molecule has 0 aliphatic carbocycles. The van der Waals surface area contributed by atoms with Crippen molar-refractivity contribution in [1.82, 2.24) is 4.90 Å². The molecule has 0 saturated carbocycles. The molecule has 1 rings (SSSR count). The van der Waals surface area contributed by atoms with Gasteiger partial charge in [-0.15, -0.1) is 0 Å². The second-order valence-corrected chi connectivity index (χ2v) is 5.09. The van der Waals surface area contributed by atoms with Gasteiger partial charge in [0.1, 0.15) is 0 Å². The highest BCUT2D eigenvalue weighted by atomic mass is 15.1. The van der Waals surface area contributed by atoms with Crippen LogP contribution in [0.4, 0.5) is 0 Å². The minimum atomic E-state index is 0.961. The molecule has 0 radical (unpaired) electrons. The van der Waals surface area contributed by atoms with Gasteiger partial charge < -0.3 is 4.90 Å². The SMILES string of the molecule is CCC1CCCN(C)CCCC[C@@H]1C. The van der Waals surface area contributed by atoms with Crippen LogP contribution in [0.1, 0.15) is 52.4 Å². The zero-order chi connectivity index (χ0) is 10.4. The third kappa shape index (κ3) is 4.00. The molecule has 0 aromatic carbocycles. The minimum Gasteiger partial charge on any atom is -0.306 e. The van der Waals surface area contributed by atoms with E-state index in [2.05, 4.69) is 25.8 Å². The molecule has 14 heavy (non-hydrogen) atoms. The Morgan fingerprint density at radius 2 is 1.79 bits per heavy atom. The summed E-state index contributed by atoms with van der Waals surface area (Å²) < 4.78 is 0. The van der Waals surface area contributed by atoms with E-state index in [1.807, 2.05) is 0 Å². The Labute approximate surface area is 89.9 Å². The molecule has 1 nitrogen and oxygen atoms in total. The van der Waals surface area contributed by atoms with E-state index in [1.165, 1.54) is 51.6 Å². The van der Waals surface area contributed by atoms with Crippen LogP contribution in [0.5, 0.6) is 0 Å². The largest absolute Gasteiger partial charge is 0.306 e. The molecule has 1 fully saturated rings. The number of hydrogen-bond donors (Lipinski definition) is 0. The quantitative estimate of drug-likeness (QED) is 0.621. The predicted octanol–water partition coefficient (Wildman–Crippen LogP) is 3.54. The summed E-state index contributed by atoms with van der Waals surface area (Å²) in [5.41, 5.74) is 0. The zero-order valence-corrected chi connectivity index (χ0v) is 10.3. The lowest BCUT2D eigenvalue weighted by molar-refractivity contribution is 0.240. The number of hydrogen-bond acceptors (Lipinski definition) is 1. The van der Waals surface area contributed by atoms with Crippen LogP contribution >= 0.6 is 0 Å². The molecule has 0 bridgehead atoms. The molecule has 1 heterocycles. The zero-order valence-electron chi connectivity index (χ0n) is 10.3. The van der Waals surface area contributed by atoms with Crippen molar-refractivity contribution in [3.8, 4) is 0 Å². The molecule has 1 saturated heterocycles. The standard InChI is InChI=1S/C13H27N/c1-4-13-9-7-11-14(3)10-6-5-8-12(13)2/h12-13H,4-11H2,1-3H3/t12-,13?/m0/s1. The Balaban J connectivity index is 2.38. The monoisotopic (exact) mass is 197 g/mol. The predicted molar refractivity (Wildman–Crippen MR) is 63.5 cm³/mol.